The Labute approximate surface area is 128 Å². The van der Waals surface area contributed by atoms with Crippen molar-refractivity contribution in [2.24, 2.45) is 5.73 Å². The molecular weight excluding hydrogens is 333 g/mol. The third kappa shape index (κ3) is 4.89. The summed E-state index contributed by atoms with van der Waals surface area (Å²) in [4.78, 5) is 20.4. The van der Waals surface area contributed by atoms with Gasteiger partial charge in [-0.05, 0) is 24.1 Å². The molecule has 0 aliphatic heterocycles. The monoisotopic (exact) mass is 351 g/mol. The molecule has 0 saturated heterocycles. The molecule has 0 aromatic heterocycles. The van der Waals surface area contributed by atoms with Gasteiger partial charge in [-0.3, -0.25) is 9.36 Å². The topological polar surface area (TPSA) is 155 Å². The summed E-state index contributed by atoms with van der Waals surface area (Å²) >= 11 is 0. The first-order valence-corrected chi connectivity index (χ1v) is 10.0. The second kappa shape index (κ2) is 6.89. The van der Waals surface area contributed by atoms with Gasteiger partial charge >= 0.3 is 5.97 Å². The Morgan fingerprint density at radius 3 is 2.23 bits per heavy atom. The maximum absolute atomic E-state index is 12.1. The number of benzene rings is 1. The van der Waals surface area contributed by atoms with Gasteiger partial charge in [0.05, 0.1) is 4.90 Å². The van der Waals surface area contributed by atoms with Crippen LogP contribution in [0.5, 0.6) is 0 Å². The molecule has 22 heavy (non-hydrogen) atoms. The molecule has 10 heteroatoms. The fourth-order valence-electron chi connectivity index (χ4n) is 1.69. The molecule has 8 nitrogen and oxygen atoms in total. The highest BCUT2D eigenvalue weighted by Gasteiger charge is 2.31. The van der Waals surface area contributed by atoms with Gasteiger partial charge in [-0.15, -0.1) is 0 Å². The first-order valence-electron chi connectivity index (χ1n) is 6.23. The Hall–Kier alpha value is -1.25. The summed E-state index contributed by atoms with van der Waals surface area (Å²) < 4.78 is 34.7. The normalized spacial score (nSPS) is 17.5. The third-order valence-corrected chi connectivity index (χ3v) is 6.16. The number of carboxylic acids is 1. The number of carbonyl (C=O) groups is 1. The van der Waals surface area contributed by atoms with E-state index in [1.165, 1.54) is 24.3 Å². The number of aliphatic carboxylic acids is 1. The minimum absolute atomic E-state index is 0.0177. The van der Waals surface area contributed by atoms with Gasteiger partial charge < -0.3 is 20.8 Å². The first-order chi connectivity index (χ1) is 9.95. The molecule has 5 N–H and O–H groups in total. The van der Waals surface area contributed by atoms with Crippen molar-refractivity contribution in [2.75, 3.05) is 12.4 Å². The minimum Gasteiger partial charge on any atom is -0.480 e. The zero-order valence-electron chi connectivity index (χ0n) is 11.8. The lowest BCUT2D eigenvalue weighted by Gasteiger charge is -2.19. The van der Waals surface area contributed by atoms with Crippen LogP contribution in [0, 0.1) is 0 Å². The SMILES string of the molecule is CS(=O)(=O)c1ccc(C(O)P(=O)(O)CC[C@H](N)C(=O)O)cc1. The van der Waals surface area contributed by atoms with E-state index in [1.54, 1.807) is 0 Å². The number of aliphatic hydroxyl groups is 1. The van der Waals surface area contributed by atoms with Gasteiger partial charge in [0, 0.05) is 12.4 Å². The zero-order chi connectivity index (χ0) is 17.1. The number of nitrogens with two attached hydrogens (primary N) is 1. The molecule has 124 valence electrons. The highest BCUT2D eigenvalue weighted by molar-refractivity contribution is 7.90. The molecule has 0 bridgehead atoms. The molecule has 0 amide bonds. The standard InChI is InChI=1S/C12H18NO7PS/c1-22(19,20)9-4-2-8(3-5-9)12(16)21(17,18)7-6-10(13)11(14)15/h2-5,10,12,16H,6-7,13H2,1H3,(H,14,15)(H,17,18)/t10-,12?/m0/s1. The number of aliphatic hydroxyl groups excluding tert-OH is 1. The quantitative estimate of drug-likeness (QED) is 0.506. The average Bonchev–Trinajstić information content (AvgIpc) is 2.43. The summed E-state index contributed by atoms with van der Waals surface area (Å²) in [5.74, 6) is -3.03. The van der Waals surface area contributed by atoms with Gasteiger partial charge in [0.15, 0.2) is 15.7 Å². The molecule has 0 saturated carbocycles. The molecule has 3 atom stereocenters. The molecule has 0 radical (unpaired) electrons. The Bertz CT molecular complexity index is 686. The number of hydrogen-bond acceptors (Lipinski definition) is 6. The van der Waals surface area contributed by atoms with Gasteiger partial charge in [0.1, 0.15) is 6.04 Å². The van der Waals surface area contributed by atoms with E-state index in [0.29, 0.717) is 0 Å². The summed E-state index contributed by atoms with van der Waals surface area (Å²) in [6.45, 7) is 0. The van der Waals surface area contributed by atoms with Gasteiger partial charge in [-0.2, -0.15) is 0 Å². The van der Waals surface area contributed by atoms with Crippen LogP contribution in [0.4, 0.5) is 0 Å². The molecular formula is C12H18NO7PS. The van der Waals surface area contributed by atoms with Gasteiger partial charge in [-0.25, -0.2) is 8.42 Å². The van der Waals surface area contributed by atoms with Crippen molar-refractivity contribution >= 4 is 23.2 Å². The maximum Gasteiger partial charge on any atom is 0.320 e. The van der Waals surface area contributed by atoms with Crippen LogP contribution < -0.4 is 5.73 Å². The van der Waals surface area contributed by atoms with Crippen LogP contribution in [-0.4, -0.2) is 48.0 Å². The number of rotatable bonds is 7. The van der Waals surface area contributed by atoms with E-state index in [0.717, 1.165) is 6.26 Å². The molecule has 0 heterocycles. The molecule has 1 aromatic carbocycles. The lowest BCUT2D eigenvalue weighted by atomic mass is 10.2. The van der Waals surface area contributed by atoms with Crippen LogP contribution >= 0.6 is 7.37 Å². The molecule has 1 rings (SSSR count). The number of carboxylic acid groups (broad SMARTS) is 1. The Morgan fingerprint density at radius 1 is 1.32 bits per heavy atom. The summed E-state index contributed by atoms with van der Waals surface area (Å²) in [5.41, 5.74) is 5.32. The molecule has 0 aliphatic rings. The van der Waals surface area contributed by atoms with E-state index in [-0.39, 0.29) is 16.9 Å². The van der Waals surface area contributed by atoms with Crippen LogP contribution in [-0.2, 0) is 19.2 Å². The molecule has 0 aliphatic carbocycles. The van der Waals surface area contributed by atoms with E-state index >= 15 is 0 Å². The van der Waals surface area contributed by atoms with Crippen LogP contribution in [0.2, 0.25) is 0 Å². The van der Waals surface area contributed by atoms with E-state index < -0.39 is 41.2 Å². The lowest BCUT2D eigenvalue weighted by Crippen LogP contribution is -2.31. The largest absolute Gasteiger partial charge is 0.480 e. The lowest BCUT2D eigenvalue weighted by molar-refractivity contribution is -0.138. The van der Waals surface area contributed by atoms with E-state index in [4.69, 9.17) is 10.8 Å². The van der Waals surface area contributed by atoms with Crippen LogP contribution in [0.3, 0.4) is 0 Å². The minimum atomic E-state index is -4.09. The highest BCUT2D eigenvalue weighted by atomic mass is 32.2. The smallest absolute Gasteiger partial charge is 0.320 e. The predicted octanol–water partition coefficient (Wildman–Crippen LogP) is 0.153. The van der Waals surface area contributed by atoms with Gasteiger partial charge in [-0.1, -0.05) is 12.1 Å². The fraction of sp³-hybridized carbons (Fsp3) is 0.417. The molecule has 2 unspecified atom stereocenters. The Kier molecular flexibility index (Phi) is 5.89. The van der Waals surface area contributed by atoms with Gasteiger partial charge in [0.25, 0.3) is 0 Å². The van der Waals surface area contributed by atoms with Crippen molar-refractivity contribution < 1.29 is 32.9 Å². The fourth-order valence-corrected chi connectivity index (χ4v) is 3.85. The van der Waals surface area contributed by atoms with E-state index in [2.05, 4.69) is 0 Å². The summed E-state index contributed by atoms with van der Waals surface area (Å²) in [5, 5.41) is 18.6. The third-order valence-electron chi connectivity index (χ3n) is 3.07. The van der Waals surface area contributed by atoms with Crippen molar-refractivity contribution in [1.82, 2.24) is 0 Å². The molecule has 0 fully saturated rings. The Morgan fingerprint density at radius 2 is 1.82 bits per heavy atom. The number of hydrogen-bond donors (Lipinski definition) is 4. The second-order valence-corrected chi connectivity index (χ2v) is 9.39. The summed E-state index contributed by atoms with van der Waals surface area (Å²) in [7, 11) is -7.50. The van der Waals surface area contributed by atoms with Crippen molar-refractivity contribution in [2.45, 2.75) is 23.2 Å². The zero-order valence-corrected chi connectivity index (χ0v) is 13.5. The van der Waals surface area contributed by atoms with Crippen molar-refractivity contribution in [1.29, 1.82) is 0 Å². The maximum atomic E-state index is 12.1. The van der Waals surface area contributed by atoms with Crippen molar-refractivity contribution in [3.63, 3.8) is 0 Å². The number of sulfone groups is 1. The predicted molar refractivity (Wildman–Crippen MR) is 79.4 cm³/mol. The van der Waals surface area contributed by atoms with Crippen molar-refractivity contribution in [3.8, 4) is 0 Å². The first kappa shape index (κ1) is 18.8. The second-order valence-electron chi connectivity index (χ2n) is 4.93. The van der Waals surface area contributed by atoms with E-state index in [9.17, 15) is 27.8 Å². The summed E-state index contributed by atoms with van der Waals surface area (Å²) in [6.07, 6.45) is 0.291. The van der Waals surface area contributed by atoms with E-state index in [1.807, 2.05) is 0 Å². The van der Waals surface area contributed by atoms with Crippen LogP contribution in [0.1, 0.15) is 17.8 Å². The van der Waals surface area contributed by atoms with Crippen molar-refractivity contribution in [3.05, 3.63) is 29.8 Å². The van der Waals surface area contributed by atoms with Crippen LogP contribution in [0.15, 0.2) is 29.2 Å². The highest BCUT2D eigenvalue weighted by Crippen LogP contribution is 2.54. The summed E-state index contributed by atoms with van der Waals surface area (Å²) in [6, 6.07) is 3.62. The Balaban J connectivity index is 2.87. The average molecular weight is 351 g/mol. The van der Waals surface area contributed by atoms with Gasteiger partial charge in [0.2, 0.25) is 7.37 Å². The van der Waals surface area contributed by atoms with Crippen LogP contribution in [0.25, 0.3) is 0 Å². The molecule has 0 spiro atoms. The molecule has 1 aromatic rings.